The number of pyridine rings is 2. The quantitative estimate of drug-likeness (QED) is 0.568. The Labute approximate surface area is 167 Å². The molecule has 0 spiro atoms. The van der Waals surface area contributed by atoms with E-state index in [9.17, 15) is 4.79 Å². The Kier molecular flexibility index (Phi) is 4.07. The van der Waals surface area contributed by atoms with Crippen LogP contribution >= 0.6 is 11.6 Å². The number of nitrogens with one attached hydrogen (secondary N) is 1. The lowest BCUT2D eigenvalue weighted by atomic mass is 10.0. The minimum Gasteiger partial charge on any atom is -0.346 e. The van der Waals surface area contributed by atoms with Crippen LogP contribution in [-0.4, -0.2) is 20.7 Å². The highest BCUT2D eigenvalue weighted by Crippen LogP contribution is 2.29. The van der Waals surface area contributed by atoms with Gasteiger partial charge in [0.2, 0.25) is 0 Å². The van der Waals surface area contributed by atoms with E-state index in [4.69, 9.17) is 11.6 Å². The van der Waals surface area contributed by atoms with Gasteiger partial charge in [-0.05, 0) is 48.9 Å². The molecule has 1 aromatic carbocycles. The van der Waals surface area contributed by atoms with Crippen LogP contribution in [0.5, 0.6) is 0 Å². The first-order valence-corrected chi connectivity index (χ1v) is 9.65. The van der Waals surface area contributed by atoms with Gasteiger partial charge in [0.25, 0.3) is 5.56 Å². The molecule has 0 fully saturated rings. The summed E-state index contributed by atoms with van der Waals surface area (Å²) >= 11 is 5.90. The lowest BCUT2D eigenvalue weighted by molar-refractivity contribution is 0.614. The molecule has 1 N–H and O–H groups in total. The Morgan fingerprint density at radius 2 is 2.04 bits per heavy atom. The van der Waals surface area contributed by atoms with Crippen LogP contribution in [0.4, 0.5) is 0 Å². The Morgan fingerprint density at radius 3 is 2.82 bits per heavy atom. The summed E-state index contributed by atoms with van der Waals surface area (Å²) in [5.74, 6) is 0. The predicted octanol–water partition coefficient (Wildman–Crippen LogP) is 3.69. The van der Waals surface area contributed by atoms with Crippen molar-refractivity contribution in [3.63, 3.8) is 0 Å². The topological polar surface area (TPSA) is 51.9 Å². The summed E-state index contributed by atoms with van der Waals surface area (Å²) in [7, 11) is 2.09. The smallest absolute Gasteiger partial charge is 0.255 e. The third-order valence-electron chi connectivity index (χ3n) is 5.49. The molecule has 3 aromatic heterocycles. The Morgan fingerprint density at radius 1 is 1.14 bits per heavy atom. The van der Waals surface area contributed by atoms with Crippen LogP contribution in [0.3, 0.4) is 0 Å². The molecular weight excluding hydrogens is 372 g/mol. The van der Waals surface area contributed by atoms with Crippen LogP contribution in [-0.2, 0) is 20.0 Å². The molecule has 4 heterocycles. The number of halogens is 1. The van der Waals surface area contributed by atoms with Crippen molar-refractivity contribution < 1.29 is 0 Å². The van der Waals surface area contributed by atoms with E-state index in [2.05, 4.69) is 34.0 Å². The van der Waals surface area contributed by atoms with Crippen molar-refractivity contribution in [2.45, 2.75) is 13.0 Å². The van der Waals surface area contributed by atoms with E-state index in [0.29, 0.717) is 5.02 Å². The predicted molar refractivity (Wildman–Crippen MR) is 112 cm³/mol. The number of hydrogen-bond donors (Lipinski definition) is 1. The zero-order valence-electron chi connectivity index (χ0n) is 15.4. The molecular formula is C22H19ClN4O. The van der Waals surface area contributed by atoms with Gasteiger partial charge in [0.05, 0.1) is 21.9 Å². The van der Waals surface area contributed by atoms with E-state index in [0.717, 1.165) is 42.0 Å². The van der Waals surface area contributed by atoms with Crippen molar-refractivity contribution in [2.75, 3.05) is 6.54 Å². The summed E-state index contributed by atoms with van der Waals surface area (Å²) in [5, 5.41) is 5.28. The fourth-order valence-electron chi connectivity index (χ4n) is 4.03. The van der Waals surface area contributed by atoms with E-state index in [1.807, 2.05) is 18.2 Å². The normalized spacial score (nSPS) is 13.6. The fraction of sp³-hybridized carbons (Fsp3) is 0.182. The summed E-state index contributed by atoms with van der Waals surface area (Å²) in [6, 6.07) is 13.4. The Balaban J connectivity index is 1.59. The zero-order chi connectivity index (χ0) is 19.3. The molecule has 0 atom stereocenters. The van der Waals surface area contributed by atoms with Gasteiger partial charge >= 0.3 is 0 Å². The first-order chi connectivity index (χ1) is 13.6. The van der Waals surface area contributed by atoms with Crippen LogP contribution in [0.1, 0.15) is 11.3 Å². The van der Waals surface area contributed by atoms with Gasteiger partial charge in [0.1, 0.15) is 0 Å². The molecule has 1 aliphatic rings. The number of nitrogens with zero attached hydrogens (tertiary/aromatic N) is 3. The lowest BCUT2D eigenvalue weighted by Gasteiger charge is -2.14. The standard InChI is InChI=1S/C22H19ClN4O/c1-26-20-11-16(3-4-17(20)18-6-8-24-13-21(18)26)27-9-7-14(10-22(27)28)19-5-2-15(23)12-25-19/h2-5,7,9-12,24H,6,8,13H2,1H3. The SMILES string of the molecule is Cn1c2c(c3ccc(-n4ccc(-c5ccc(Cl)cn5)cc4=O)cc31)CCNC2. The second-order valence-electron chi connectivity index (χ2n) is 7.10. The molecule has 0 unspecified atom stereocenters. The van der Waals surface area contributed by atoms with Gasteiger partial charge in [-0.2, -0.15) is 0 Å². The van der Waals surface area contributed by atoms with Crippen LogP contribution in [0.15, 0.2) is 59.7 Å². The molecule has 0 bridgehead atoms. The second kappa shape index (κ2) is 6.62. The molecule has 5 rings (SSSR count). The van der Waals surface area contributed by atoms with Gasteiger partial charge in [-0.3, -0.25) is 14.3 Å². The largest absolute Gasteiger partial charge is 0.346 e. The van der Waals surface area contributed by atoms with E-state index in [-0.39, 0.29) is 5.56 Å². The first kappa shape index (κ1) is 17.2. The van der Waals surface area contributed by atoms with E-state index in [1.54, 1.807) is 29.1 Å². The van der Waals surface area contributed by atoms with Gasteiger partial charge in [0, 0.05) is 48.7 Å². The number of fused-ring (bicyclic) bond motifs is 3. The third kappa shape index (κ3) is 2.75. The molecule has 6 heteroatoms. The molecule has 0 radical (unpaired) electrons. The van der Waals surface area contributed by atoms with E-state index in [1.165, 1.54) is 16.6 Å². The van der Waals surface area contributed by atoms with Crippen molar-refractivity contribution >= 4 is 22.5 Å². The van der Waals surface area contributed by atoms with Crippen LogP contribution in [0, 0.1) is 0 Å². The maximum Gasteiger partial charge on any atom is 0.255 e. The number of hydrogen-bond acceptors (Lipinski definition) is 3. The van der Waals surface area contributed by atoms with Gasteiger partial charge < -0.3 is 9.88 Å². The highest BCUT2D eigenvalue weighted by Gasteiger charge is 2.18. The highest BCUT2D eigenvalue weighted by atomic mass is 35.5. The fourth-order valence-corrected chi connectivity index (χ4v) is 4.14. The number of aryl methyl sites for hydroxylation is 1. The van der Waals surface area contributed by atoms with Gasteiger partial charge in [-0.1, -0.05) is 17.7 Å². The van der Waals surface area contributed by atoms with Gasteiger partial charge in [-0.25, -0.2) is 0 Å². The first-order valence-electron chi connectivity index (χ1n) is 9.28. The maximum absolute atomic E-state index is 12.8. The minimum atomic E-state index is -0.0887. The molecule has 5 nitrogen and oxygen atoms in total. The highest BCUT2D eigenvalue weighted by molar-refractivity contribution is 6.30. The monoisotopic (exact) mass is 390 g/mol. The summed E-state index contributed by atoms with van der Waals surface area (Å²) < 4.78 is 3.90. The number of aromatic nitrogens is 3. The van der Waals surface area contributed by atoms with E-state index < -0.39 is 0 Å². The van der Waals surface area contributed by atoms with E-state index >= 15 is 0 Å². The molecule has 0 amide bonds. The number of benzene rings is 1. The molecule has 0 aliphatic carbocycles. The Bertz CT molecular complexity index is 1250. The summed E-state index contributed by atoms with van der Waals surface area (Å²) in [5.41, 5.74) is 6.18. The van der Waals surface area contributed by atoms with Gasteiger partial charge in [-0.15, -0.1) is 0 Å². The minimum absolute atomic E-state index is 0.0887. The molecule has 140 valence electrons. The van der Waals surface area contributed by atoms with Gasteiger partial charge in [0.15, 0.2) is 0 Å². The van der Waals surface area contributed by atoms with Crippen molar-refractivity contribution in [1.29, 1.82) is 0 Å². The summed E-state index contributed by atoms with van der Waals surface area (Å²) in [4.78, 5) is 17.1. The maximum atomic E-state index is 12.8. The summed E-state index contributed by atoms with van der Waals surface area (Å²) in [6.07, 6.45) is 4.43. The molecule has 0 saturated heterocycles. The molecule has 0 saturated carbocycles. The molecule has 1 aliphatic heterocycles. The lowest BCUT2D eigenvalue weighted by Crippen LogP contribution is -2.24. The number of rotatable bonds is 2. The third-order valence-corrected chi connectivity index (χ3v) is 5.71. The average Bonchev–Trinajstić information content (AvgIpc) is 3.01. The molecule has 28 heavy (non-hydrogen) atoms. The zero-order valence-corrected chi connectivity index (χ0v) is 16.2. The van der Waals surface area contributed by atoms with Crippen molar-refractivity contribution in [2.24, 2.45) is 7.05 Å². The van der Waals surface area contributed by atoms with Crippen molar-refractivity contribution in [3.8, 4) is 16.9 Å². The van der Waals surface area contributed by atoms with Crippen LogP contribution in [0.25, 0.3) is 27.8 Å². The molecule has 4 aromatic rings. The van der Waals surface area contributed by atoms with Crippen LogP contribution in [0.2, 0.25) is 5.02 Å². The van der Waals surface area contributed by atoms with Crippen LogP contribution < -0.4 is 10.9 Å². The second-order valence-corrected chi connectivity index (χ2v) is 7.53. The van der Waals surface area contributed by atoms with Crippen molar-refractivity contribution in [3.05, 3.63) is 81.5 Å². The average molecular weight is 391 g/mol. The van der Waals surface area contributed by atoms with Crippen molar-refractivity contribution in [1.82, 2.24) is 19.4 Å². The Hall–Kier alpha value is -2.89. The summed E-state index contributed by atoms with van der Waals surface area (Å²) in [6.45, 7) is 1.89.